The summed E-state index contributed by atoms with van der Waals surface area (Å²) in [6.45, 7) is 5.81. The van der Waals surface area contributed by atoms with Gasteiger partial charge in [-0.15, -0.1) is 6.58 Å². The fourth-order valence-corrected chi connectivity index (χ4v) is 0.840. The molecule has 0 N–H and O–H groups in total. The molecule has 1 heteroatoms. The molecule has 1 nitrogen and oxygen atoms in total. The highest BCUT2D eigenvalue weighted by Gasteiger charge is 2.00. The molecule has 0 saturated carbocycles. The summed E-state index contributed by atoms with van der Waals surface area (Å²) >= 11 is 0. The molecule has 0 aliphatic heterocycles. The largest absolute Gasteiger partial charge is 0.381 e. The fourth-order valence-electron chi connectivity index (χ4n) is 0.840. The third-order valence-corrected chi connectivity index (χ3v) is 1.37. The van der Waals surface area contributed by atoms with E-state index in [-0.39, 0.29) is 0 Å². The highest BCUT2D eigenvalue weighted by Crippen LogP contribution is 2.04. The molecular weight excluding hydrogens is 112 g/mol. The number of rotatable bonds is 5. The summed E-state index contributed by atoms with van der Waals surface area (Å²) in [6, 6.07) is 0. The average molecular weight is 128 g/mol. The molecule has 9 heavy (non-hydrogen) atoms. The Morgan fingerprint density at radius 2 is 2.33 bits per heavy atom. The van der Waals surface area contributed by atoms with Gasteiger partial charge in [-0.05, 0) is 12.8 Å². The van der Waals surface area contributed by atoms with Gasteiger partial charge in [0.1, 0.15) is 0 Å². The summed E-state index contributed by atoms with van der Waals surface area (Å²) in [6.07, 6.45) is 5.61. The van der Waals surface area contributed by atoms with Crippen LogP contribution in [0.5, 0.6) is 0 Å². The number of methoxy groups -OCH3 is 1. The van der Waals surface area contributed by atoms with Gasteiger partial charge in [0.2, 0.25) is 0 Å². The molecule has 0 saturated heterocycles. The molecule has 0 fully saturated rings. The lowest BCUT2D eigenvalue weighted by Gasteiger charge is -2.10. The number of ether oxygens (including phenoxy) is 1. The maximum atomic E-state index is 5.16. The van der Waals surface area contributed by atoms with E-state index < -0.39 is 0 Å². The normalized spacial score (nSPS) is 13.1. The summed E-state index contributed by atoms with van der Waals surface area (Å²) < 4.78 is 5.16. The molecule has 0 spiro atoms. The zero-order valence-corrected chi connectivity index (χ0v) is 6.39. The lowest BCUT2D eigenvalue weighted by Crippen LogP contribution is -2.07. The highest BCUT2D eigenvalue weighted by molar-refractivity contribution is 4.72. The van der Waals surface area contributed by atoms with Gasteiger partial charge in [-0.1, -0.05) is 19.4 Å². The summed E-state index contributed by atoms with van der Waals surface area (Å²) in [5.41, 5.74) is 0. The van der Waals surface area contributed by atoms with E-state index in [0.717, 1.165) is 12.8 Å². The first-order valence-electron chi connectivity index (χ1n) is 3.48. The minimum Gasteiger partial charge on any atom is -0.381 e. The standard InChI is InChI=1S/C8H16O/c1-4-6-8(9-3)7-5-2/h4,8H,1,5-7H2,2-3H3. The third kappa shape index (κ3) is 4.22. The van der Waals surface area contributed by atoms with Gasteiger partial charge in [0.25, 0.3) is 0 Å². The monoisotopic (exact) mass is 128 g/mol. The van der Waals surface area contributed by atoms with Crippen LogP contribution in [-0.2, 0) is 4.74 Å². The van der Waals surface area contributed by atoms with Gasteiger partial charge < -0.3 is 4.74 Å². The second-order valence-electron chi connectivity index (χ2n) is 2.17. The van der Waals surface area contributed by atoms with Gasteiger partial charge in [0.05, 0.1) is 6.10 Å². The van der Waals surface area contributed by atoms with Gasteiger partial charge in [-0.2, -0.15) is 0 Å². The van der Waals surface area contributed by atoms with Crippen molar-refractivity contribution in [2.75, 3.05) is 7.11 Å². The van der Waals surface area contributed by atoms with Crippen LogP contribution in [0.2, 0.25) is 0 Å². The van der Waals surface area contributed by atoms with E-state index in [9.17, 15) is 0 Å². The molecule has 1 atom stereocenters. The van der Waals surface area contributed by atoms with Crippen LogP contribution in [-0.4, -0.2) is 13.2 Å². The first-order chi connectivity index (χ1) is 4.35. The van der Waals surface area contributed by atoms with E-state index in [0.29, 0.717) is 6.10 Å². The van der Waals surface area contributed by atoms with Crippen LogP contribution in [0.3, 0.4) is 0 Å². The van der Waals surface area contributed by atoms with Crippen molar-refractivity contribution in [2.24, 2.45) is 0 Å². The van der Waals surface area contributed by atoms with Crippen LogP contribution in [0.4, 0.5) is 0 Å². The number of hydrogen-bond acceptors (Lipinski definition) is 1. The van der Waals surface area contributed by atoms with E-state index in [1.807, 2.05) is 6.08 Å². The van der Waals surface area contributed by atoms with Crippen molar-refractivity contribution < 1.29 is 4.74 Å². The number of hydrogen-bond donors (Lipinski definition) is 0. The second kappa shape index (κ2) is 5.83. The van der Waals surface area contributed by atoms with Crippen molar-refractivity contribution in [3.63, 3.8) is 0 Å². The van der Waals surface area contributed by atoms with Crippen LogP contribution in [0.25, 0.3) is 0 Å². The van der Waals surface area contributed by atoms with E-state index in [4.69, 9.17) is 4.74 Å². The van der Waals surface area contributed by atoms with Crippen LogP contribution >= 0.6 is 0 Å². The lowest BCUT2D eigenvalue weighted by molar-refractivity contribution is 0.0972. The topological polar surface area (TPSA) is 9.23 Å². The Hall–Kier alpha value is -0.300. The maximum Gasteiger partial charge on any atom is 0.0605 e. The first-order valence-corrected chi connectivity index (χ1v) is 3.48. The Kier molecular flexibility index (Phi) is 5.64. The van der Waals surface area contributed by atoms with Crippen molar-refractivity contribution >= 4 is 0 Å². The Morgan fingerprint density at radius 1 is 1.67 bits per heavy atom. The maximum absolute atomic E-state index is 5.16. The molecule has 0 rings (SSSR count). The minimum absolute atomic E-state index is 0.396. The SMILES string of the molecule is C=CCC(CCC)OC. The van der Waals surface area contributed by atoms with Crippen LogP contribution in [0.15, 0.2) is 12.7 Å². The quantitative estimate of drug-likeness (QED) is 0.516. The lowest BCUT2D eigenvalue weighted by atomic mass is 10.1. The summed E-state index contributed by atoms with van der Waals surface area (Å²) in [5.74, 6) is 0. The summed E-state index contributed by atoms with van der Waals surface area (Å²) in [7, 11) is 1.75. The highest BCUT2D eigenvalue weighted by atomic mass is 16.5. The summed E-state index contributed by atoms with van der Waals surface area (Å²) in [5, 5.41) is 0. The molecule has 0 aliphatic carbocycles. The smallest absolute Gasteiger partial charge is 0.0605 e. The molecule has 0 radical (unpaired) electrons. The van der Waals surface area contributed by atoms with Gasteiger partial charge in [-0.25, -0.2) is 0 Å². The van der Waals surface area contributed by atoms with Crippen LogP contribution < -0.4 is 0 Å². The summed E-state index contributed by atoms with van der Waals surface area (Å²) in [4.78, 5) is 0. The van der Waals surface area contributed by atoms with Gasteiger partial charge in [-0.3, -0.25) is 0 Å². The molecule has 54 valence electrons. The Balaban J connectivity index is 3.28. The van der Waals surface area contributed by atoms with Crippen LogP contribution in [0.1, 0.15) is 26.2 Å². The second-order valence-corrected chi connectivity index (χ2v) is 2.17. The van der Waals surface area contributed by atoms with Crippen molar-refractivity contribution in [3.05, 3.63) is 12.7 Å². The Morgan fingerprint density at radius 3 is 2.67 bits per heavy atom. The van der Waals surface area contributed by atoms with E-state index in [1.165, 1.54) is 6.42 Å². The van der Waals surface area contributed by atoms with E-state index in [2.05, 4.69) is 13.5 Å². The van der Waals surface area contributed by atoms with E-state index in [1.54, 1.807) is 7.11 Å². The molecule has 1 unspecified atom stereocenters. The van der Waals surface area contributed by atoms with Crippen molar-refractivity contribution in [3.8, 4) is 0 Å². The van der Waals surface area contributed by atoms with Crippen molar-refractivity contribution in [1.29, 1.82) is 0 Å². The zero-order valence-electron chi connectivity index (χ0n) is 6.39. The van der Waals surface area contributed by atoms with Crippen LogP contribution in [0, 0.1) is 0 Å². The fraction of sp³-hybridized carbons (Fsp3) is 0.750. The predicted octanol–water partition coefficient (Wildman–Crippen LogP) is 2.38. The molecule has 0 aromatic rings. The van der Waals surface area contributed by atoms with Gasteiger partial charge >= 0.3 is 0 Å². The molecule has 0 aliphatic rings. The third-order valence-electron chi connectivity index (χ3n) is 1.37. The molecule has 0 aromatic heterocycles. The first kappa shape index (κ1) is 8.70. The van der Waals surface area contributed by atoms with E-state index >= 15 is 0 Å². The zero-order chi connectivity index (χ0) is 7.11. The molecule has 0 heterocycles. The molecule has 0 amide bonds. The molecule has 0 bridgehead atoms. The Bertz CT molecular complexity index is 69.0. The Labute approximate surface area is 57.7 Å². The van der Waals surface area contributed by atoms with Gasteiger partial charge in [0, 0.05) is 7.11 Å². The van der Waals surface area contributed by atoms with Crippen molar-refractivity contribution in [2.45, 2.75) is 32.3 Å². The minimum atomic E-state index is 0.396. The average Bonchev–Trinajstić information content (AvgIpc) is 1.88. The molecular formula is C8H16O. The van der Waals surface area contributed by atoms with Gasteiger partial charge in [0.15, 0.2) is 0 Å². The van der Waals surface area contributed by atoms with Crippen molar-refractivity contribution in [1.82, 2.24) is 0 Å². The molecule has 0 aromatic carbocycles. The predicted molar refractivity (Wildman–Crippen MR) is 40.5 cm³/mol.